The van der Waals surface area contributed by atoms with Crippen LogP contribution in [0.5, 0.6) is 5.75 Å². The molecule has 1 amide bonds. The number of carbonyl (C=O) groups is 1. The molecule has 2 N–H and O–H groups in total. The van der Waals surface area contributed by atoms with Gasteiger partial charge in [0.05, 0.1) is 35.2 Å². The molecule has 0 bridgehead atoms. The lowest BCUT2D eigenvalue weighted by molar-refractivity contribution is -0.113. The number of carbonyl (C=O) groups excluding carboxylic acids is 1. The van der Waals surface area contributed by atoms with Crippen molar-refractivity contribution in [2.45, 2.75) is 22.6 Å². The molecule has 0 unspecified atom stereocenters. The monoisotopic (exact) mass is 530 g/mol. The molecule has 0 radical (unpaired) electrons. The van der Waals surface area contributed by atoms with E-state index >= 15 is 0 Å². The van der Waals surface area contributed by atoms with E-state index in [1.807, 2.05) is 18.2 Å². The van der Waals surface area contributed by atoms with Crippen LogP contribution in [0.1, 0.15) is 12.0 Å². The van der Waals surface area contributed by atoms with Gasteiger partial charge in [0.15, 0.2) is 0 Å². The van der Waals surface area contributed by atoms with E-state index in [0.717, 1.165) is 35.3 Å². The summed E-state index contributed by atoms with van der Waals surface area (Å²) in [7, 11) is -2.13. The highest BCUT2D eigenvalue weighted by Gasteiger charge is 2.26. The van der Waals surface area contributed by atoms with Gasteiger partial charge in [0.2, 0.25) is 15.9 Å². The average molecular weight is 531 g/mol. The van der Waals surface area contributed by atoms with Gasteiger partial charge < -0.3 is 15.0 Å². The van der Waals surface area contributed by atoms with Crippen LogP contribution in [0.15, 0.2) is 52.4 Å². The van der Waals surface area contributed by atoms with Gasteiger partial charge in [-0.25, -0.2) is 17.5 Å². The number of amides is 1. The van der Waals surface area contributed by atoms with Crippen molar-refractivity contribution in [1.82, 2.24) is 14.6 Å². The number of pyridine rings is 1. The van der Waals surface area contributed by atoms with E-state index in [0.29, 0.717) is 42.3 Å². The van der Waals surface area contributed by atoms with Crippen LogP contribution in [0, 0.1) is 11.7 Å². The van der Waals surface area contributed by atoms with Crippen molar-refractivity contribution in [3.8, 4) is 5.75 Å². The SMILES string of the molecule is COc1ccc2ncc(F)c(CCN3CC[C@@H](CNS(=O)(=O)c4ccc5c(c4)NC(=O)CS5)C3)c2c1. The van der Waals surface area contributed by atoms with Crippen molar-refractivity contribution in [2.75, 3.05) is 44.4 Å². The molecule has 1 saturated heterocycles. The van der Waals surface area contributed by atoms with E-state index in [9.17, 15) is 17.6 Å². The highest BCUT2D eigenvalue weighted by molar-refractivity contribution is 8.00. The zero-order chi connectivity index (χ0) is 25.3. The van der Waals surface area contributed by atoms with E-state index < -0.39 is 10.0 Å². The number of likely N-dealkylation sites (tertiary alicyclic amines) is 1. The van der Waals surface area contributed by atoms with Crippen molar-refractivity contribution < 1.29 is 22.3 Å². The van der Waals surface area contributed by atoms with Gasteiger partial charge in [-0.2, -0.15) is 0 Å². The van der Waals surface area contributed by atoms with Crippen molar-refractivity contribution in [2.24, 2.45) is 5.92 Å². The molecule has 1 aromatic heterocycles. The Bertz CT molecular complexity index is 1420. The Kier molecular flexibility index (Phi) is 7.16. The number of nitrogens with zero attached hydrogens (tertiary/aromatic N) is 2. The molecule has 3 heterocycles. The van der Waals surface area contributed by atoms with Crippen LogP contribution in [-0.2, 0) is 21.2 Å². The van der Waals surface area contributed by atoms with Crippen LogP contribution in [0.2, 0.25) is 0 Å². The molecule has 1 atom stereocenters. The van der Waals surface area contributed by atoms with E-state index in [-0.39, 0.29) is 22.5 Å². The number of aromatic nitrogens is 1. The second kappa shape index (κ2) is 10.3. The lowest BCUT2D eigenvalue weighted by atomic mass is 10.0. The first-order valence-electron chi connectivity index (χ1n) is 11.7. The first-order chi connectivity index (χ1) is 17.3. The molecule has 0 aliphatic carbocycles. The quantitative estimate of drug-likeness (QED) is 0.461. The highest BCUT2D eigenvalue weighted by atomic mass is 32.2. The van der Waals surface area contributed by atoms with Crippen LogP contribution < -0.4 is 14.8 Å². The zero-order valence-electron chi connectivity index (χ0n) is 19.8. The third-order valence-corrected chi connectivity index (χ3v) is 9.13. The summed E-state index contributed by atoms with van der Waals surface area (Å²) < 4.78 is 48.4. The lowest BCUT2D eigenvalue weighted by Gasteiger charge is -2.18. The molecule has 8 nitrogen and oxygen atoms in total. The highest BCUT2D eigenvalue weighted by Crippen LogP contribution is 2.33. The molecule has 1 fully saturated rings. The van der Waals surface area contributed by atoms with Gasteiger partial charge in [-0.15, -0.1) is 11.8 Å². The molecule has 36 heavy (non-hydrogen) atoms. The summed E-state index contributed by atoms with van der Waals surface area (Å²) in [6.45, 7) is 2.54. The fourth-order valence-electron chi connectivity index (χ4n) is 4.68. The fraction of sp³-hybridized carbons (Fsp3) is 0.360. The third kappa shape index (κ3) is 5.34. The molecular formula is C25H27FN4O4S2. The summed E-state index contributed by atoms with van der Waals surface area (Å²) >= 11 is 1.39. The second-order valence-corrected chi connectivity index (χ2v) is 11.8. The van der Waals surface area contributed by atoms with Gasteiger partial charge in [0.25, 0.3) is 0 Å². The van der Waals surface area contributed by atoms with Crippen molar-refractivity contribution in [1.29, 1.82) is 0 Å². The average Bonchev–Trinajstić information content (AvgIpc) is 3.34. The predicted molar refractivity (Wildman–Crippen MR) is 137 cm³/mol. The van der Waals surface area contributed by atoms with Crippen molar-refractivity contribution in [3.63, 3.8) is 0 Å². The molecule has 5 rings (SSSR count). The molecule has 3 aromatic rings. The number of sulfonamides is 1. The Morgan fingerprint density at radius 1 is 1.28 bits per heavy atom. The van der Waals surface area contributed by atoms with Crippen molar-refractivity contribution >= 4 is 44.3 Å². The maximum atomic E-state index is 14.6. The number of hydrogen-bond acceptors (Lipinski definition) is 7. The van der Waals surface area contributed by atoms with Crippen LogP contribution in [0.25, 0.3) is 10.9 Å². The summed E-state index contributed by atoms with van der Waals surface area (Å²) in [4.78, 5) is 19.0. The summed E-state index contributed by atoms with van der Waals surface area (Å²) in [5.74, 6) is 0.670. The largest absolute Gasteiger partial charge is 0.497 e. The van der Waals surface area contributed by atoms with Crippen LogP contribution >= 0.6 is 11.8 Å². The number of methoxy groups -OCH3 is 1. The molecule has 2 aliphatic rings. The topological polar surface area (TPSA) is 101 Å². The summed E-state index contributed by atoms with van der Waals surface area (Å²) in [5.41, 5.74) is 1.86. The fourth-order valence-corrected chi connectivity index (χ4v) is 6.61. The number of hydrogen-bond donors (Lipinski definition) is 2. The molecule has 2 aliphatic heterocycles. The minimum atomic E-state index is -3.71. The van der Waals surface area contributed by atoms with E-state index in [4.69, 9.17) is 4.74 Å². The predicted octanol–water partition coefficient (Wildman–Crippen LogP) is 3.27. The smallest absolute Gasteiger partial charge is 0.240 e. The molecule has 11 heteroatoms. The first kappa shape index (κ1) is 24.9. The van der Waals surface area contributed by atoms with Crippen LogP contribution in [-0.4, -0.2) is 63.3 Å². The zero-order valence-corrected chi connectivity index (χ0v) is 21.4. The number of ether oxygens (including phenoxy) is 1. The van der Waals surface area contributed by atoms with Crippen LogP contribution in [0.3, 0.4) is 0 Å². The van der Waals surface area contributed by atoms with E-state index in [2.05, 4.69) is 19.9 Å². The maximum Gasteiger partial charge on any atom is 0.240 e. The number of rotatable bonds is 8. The van der Waals surface area contributed by atoms with Gasteiger partial charge in [0.1, 0.15) is 11.6 Å². The van der Waals surface area contributed by atoms with Crippen LogP contribution in [0.4, 0.5) is 10.1 Å². The van der Waals surface area contributed by atoms with E-state index in [1.165, 1.54) is 24.0 Å². The number of fused-ring (bicyclic) bond motifs is 2. The summed E-state index contributed by atoms with van der Waals surface area (Å²) in [6.07, 6.45) is 2.64. The lowest BCUT2D eigenvalue weighted by Crippen LogP contribution is -2.31. The number of halogens is 1. The number of anilines is 1. The molecule has 0 spiro atoms. The van der Waals surface area contributed by atoms with E-state index in [1.54, 1.807) is 19.2 Å². The second-order valence-electron chi connectivity index (χ2n) is 9.02. The number of benzene rings is 2. The summed E-state index contributed by atoms with van der Waals surface area (Å²) in [5, 5.41) is 3.48. The Hall–Kier alpha value is -2.73. The third-order valence-electron chi connectivity index (χ3n) is 6.64. The van der Waals surface area contributed by atoms with Gasteiger partial charge in [-0.1, -0.05) is 0 Å². The minimum Gasteiger partial charge on any atom is -0.497 e. The molecule has 0 saturated carbocycles. The Balaban J connectivity index is 1.18. The number of thioether (sulfide) groups is 1. The Morgan fingerprint density at radius 3 is 2.97 bits per heavy atom. The van der Waals surface area contributed by atoms with Gasteiger partial charge in [-0.3, -0.25) is 9.78 Å². The number of nitrogens with one attached hydrogen (secondary N) is 2. The standard InChI is InChI=1S/C25H27FN4O4S2/c1-34-17-2-4-22-20(10-17)19(21(26)13-27-22)7-9-30-8-6-16(14-30)12-28-36(32,33)18-3-5-24-23(11-18)29-25(31)15-35-24/h2-5,10-11,13,16,28H,6-9,12,14-15H2,1H3,(H,29,31)/t16-/m0/s1. The maximum absolute atomic E-state index is 14.6. The molecular weight excluding hydrogens is 503 g/mol. The normalized spacial score (nSPS) is 18.3. The first-order valence-corrected chi connectivity index (χ1v) is 14.2. The molecule has 190 valence electrons. The van der Waals surface area contributed by atoms with Gasteiger partial charge >= 0.3 is 0 Å². The molecule has 2 aromatic carbocycles. The van der Waals surface area contributed by atoms with Gasteiger partial charge in [-0.05, 0) is 61.7 Å². The Morgan fingerprint density at radius 2 is 2.14 bits per heavy atom. The van der Waals surface area contributed by atoms with Gasteiger partial charge in [0, 0.05) is 35.5 Å². The minimum absolute atomic E-state index is 0.134. The summed E-state index contributed by atoms with van der Waals surface area (Å²) in [6, 6.07) is 10.2. The van der Waals surface area contributed by atoms with Crippen molar-refractivity contribution in [3.05, 3.63) is 54.0 Å². The Labute approximate surface area is 213 Å².